The number of nitrogens with one attached hydrogen (secondary N) is 1. The lowest BCUT2D eigenvalue weighted by molar-refractivity contribution is 0.100. The van der Waals surface area contributed by atoms with Gasteiger partial charge in [-0.05, 0) is 44.0 Å². The maximum atomic E-state index is 15.6. The Morgan fingerprint density at radius 1 is 1.17 bits per heavy atom. The lowest BCUT2D eigenvalue weighted by atomic mass is 9.75. The average molecular weight is 479 g/mol. The van der Waals surface area contributed by atoms with Gasteiger partial charge in [-0.3, -0.25) is 14.3 Å². The van der Waals surface area contributed by atoms with Crippen molar-refractivity contribution in [3.63, 3.8) is 0 Å². The van der Waals surface area contributed by atoms with Crippen LogP contribution in [0.15, 0.2) is 53.5 Å². The fourth-order valence-corrected chi connectivity index (χ4v) is 3.96. The molecule has 0 saturated heterocycles. The van der Waals surface area contributed by atoms with Crippen molar-refractivity contribution in [1.82, 2.24) is 19.9 Å². The lowest BCUT2D eigenvalue weighted by Crippen LogP contribution is -2.30. The molecule has 1 atom stereocenters. The highest BCUT2D eigenvalue weighted by molar-refractivity contribution is 6.02. The molecule has 0 aliphatic heterocycles. The summed E-state index contributed by atoms with van der Waals surface area (Å²) in [5, 5.41) is 10.1. The molecule has 10 heteroatoms. The van der Waals surface area contributed by atoms with E-state index in [9.17, 15) is 9.59 Å². The molecule has 0 spiro atoms. The number of anilines is 1. The molecule has 35 heavy (non-hydrogen) atoms. The molecule has 3 heterocycles. The van der Waals surface area contributed by atoms with Crippen LogP contribution in [0.1, 0.15) is 57.2 Å². The van der Waals surface area contributed by atoms with Gasteiger partial charge in [0.2, 0.25) is 0 Å². The maximum absolute atomic E-state index is 15.6. The van der Waals surface area contributed by atoms with Gasteiger partial charge in [-0.25, -0.2) is 13.8 Å². The van der Waals surface area contributed by atoms with Crippen molar-refractivity contribution in [2.24, 2.45) is 7.05 Å². The van der Waals surface area contributed by atoms with Gasteiger partial charge < -0.3 is 9.84 Å². The minimum absolute atomic E-state index is 0.0453. The van der Waals surface area contributed by atoms with Gasteiger partial charge >= 0.3 is 0 Å². The average Bonchev–Trinajstić information content (AvgIpc) is 3.51. The summed E-state index contributed by atoms with van der Waals surface area (Å²) in [6.07, 6.45) is 4.39. The number of rotatable bonds is 7. The molecule has 1 amide bonds. The third-order valence-corrected chi connectivity index (χ3v) is 5.97. The zero-order valence-corrected chi connectivity index (χ0v) is 19.6. The van der Waals surface area contributed by atoms with Crippen LogP contribution in [-0.2, 0) is 18.9 Å². The Hall–Kier alpha value is -4.21. The smallest absolute Gasteiger partial charge is 0.277 e. The van der Waals surface area contributed by atoms with Gasteiger partial charge in [0.15, 0.2) is 17.3 Å². The first-order valence-electron chi connectivity index (χ1n) is 10.8. The second kappa shape index (κ2) is 9.21. The van der Waals surface area contributed by atoms with Gasteiger partial charge in [-0.1, -0.05) is 11.2 Å². The second-order valence-electron chi connectivity index (χ2n) is 8.56. The first-order valence-corrected chi connectivity index (χ1v) is 10.8. The Morgan fingerprint density at radius 3 is 2.57 bits per heavy atom. The Kier molecular flexibility index (Phi) is 6.29. The molecule has 0 aliphatic rings. The topological polar surface area (TPSA) is 103 Å². The highest BCUT2D eigenvalue weighted by atomic mass is 19.1. The number of aryl methyl sites for hydroxylation is 2. The van der Waals surface area contributed by atoms with Crippen LogP contribution in [-0.4, -0.2) is 31.6 Å². The summed E-state index contributed by atoms with van der Waals surface area (Å²) >= 11 is 0. The number of benzene rings is 1. The van der Waals surface area contributed by atoms with Crippen LogP contribution >= 0.6 is 0 Å². The van der Waals surface area contributed by atoms with Crippen molar-refractivity contribution in [3.05, 3.63) is 94.4 Å². The number of hydrogen-bond donors (Lipinski definition) is 1. The number of ketones is 1. The van der Waals surface area contributed by atoms with Crippen LogP contribution in [0.3, 0.4) is 0 Å². The molecule has 1 aromatic carbocycles. The molecular weight excluding hydrogens is 456 g/mol. The molecule has 8 nitrogen and oxygen atoms in total. The van der Waals surface area contributed by atoms with Crippen molar-refractivity contribution in [3.8, 4) is 0 Å². The fourth-order valence-electron chi connectivity index (χ4n) is 3.96. The minimum atomic E-state index is -1.05. The van der Waals surface area contributed by atoms with Crippen molar-refractivity contribution < 1.29 is 22.9 Å². The molecule has 1 unspecified atom stereocenters. The Bertz CT molecular complexity index is 1410. The van der Waals surface area contributed by atoms with Crippen LogP contribution in [0.25, 0.3) is 0 Å². The molecule has 0 saturated carbocycles. The summed E-state index contributed by atoms with van der Waals surface area (Å²) < 4.78 is 36.8. The first kappa shape index (κ1) is 23.9. The summed E-state index contributed by atoms with van der Waals surface area (Å²) in [6, 6.07) is 7.05. The van der Waals surface area contributed by atoms with E-state index in [1.54, 1.807) is 50.1 Å². The number of nitrogens with zero attached hydrogens (tertiary/aromatic N) is 4. The van der Waals surface area contributed by atoms with E-state index >= 15 is 8.78 Å². The molecular formula is C25H23F2N5O3. The number of carbonyl (C=O) groups excluding carboxylic acids is 2. The summed E-state index contributed by atoms with van der Waals surface area (Å²) in [5.74, 6) is -2.61. The van der Waals surface area contributed by atoms with Crippen LogP contribution in [0.4, 0.5) is 14.5 Å². The predicted octanol–water partition coefficient (Wildman–Crippen LogP) is 4.39. The van der Waals surface area contributed by atoms with E-state index in [4.69, 9.17) is 0 Å². The molecule has 0 aliphatic carbocycles. The Labute approximate surface area is 200 Å². The van der Waals surface area contributed by atoms with Crippen LogP contribution in [0.5, 0.6) is 0 Å². The standard InChI is InChI=1S/C25H23F2N5O3/c1-14-5-8-21(30-23(14)15(2)33)25(3,16-12-28-32(4)13-16)11-17-18(26)6-7-19(22(17)27)29-24(34)20-9-10-35-31-20/h5-10,12-13H,11H2,1-4H3,(H,29,34). The monoisotopic (exact) mass is 479 g/mol. The maximum Gasteiger partial charge on any atom is 0.277 e. The first-order chi connectivity index (χ1) is 16.6. The third kappa shape index (κ3) is 4.59. The van der Waals surface area contributed by atoms with Gasteiger partial charge in [-0.15, -0.1) is 0 Å². The van der Waals surface area contributed by atoms with Gasteiger partial charge in [-0.2, -0.15) is 5.10 Å². The van der Waals surface area contributed by atoms with Gasteiger partial charge in [0.1, 0.15) is 17.8 Å². The Morgan fingerprint density at radius 2 is 1.94 bits per heavy atom. The number of hydrogen-bond acceptors (Lipinski definition) is 6. The number of halogens is 2. The number of Topliss-reactive ketones (excluding diaryl/α,β-unsaturated/α-hetero) is 1. The lowest BCUT2D eigenvalue weighted by Gasteiger charge is -2.29. The van der Waals surface area contributed by atoms with E-state index in [1.165, 1.54) is 19.3 Å². The van der Waals surface area contributed by atoms with Crippen LogP contribution in [0.2, 0.25) is 0 Å². The van der Waals surface area contributed by atoms with Crippen molar-refractivity contribution in [2.75, 3.05) is 5.32 Å². The second-order valence-corrected chi connectivity index (χ2v) is 8.56. The summed E-state index contributed by atoms with van der Waals surface area (Å²) in [5.41, 5.74) is 0.542. The zero-order valence-electron chi connectivity index (χ0n) is 19.6. The van der Waals surface area contributed by atoms with Crippen LogP contribution in [0, 0.1) is 18.6 Å². The van der Waals surface area contributed by atoms with E-state index < -0.39 is 23.0 Å². The van der Waals surface area contributed by atoms with E-state index in [1.807, 2.05) is 0 Å². The normalized spacial score (nSPS) is 12.9. The SMILES string of the molecule is CC(=O)c1nc(C(C)(Cc2c(F)ccc(NC(=O)c3ccon3)c2F)c2cnn(C)c2)ccc1C. The molecule has 0 fully saturated rings. The molecule has 0 bridgehead atoms. The quantitative estimate of drug-likeness (QED) is 0.394. The number of aromatic nitrogens is 4. The van der Waals surface area contributed by atoms with Crippen molar-refractivity contribution >= 4 is 17.4 Å². The van der Waals surface area contributed by atoms with Crippen molar-refractivity contribution in [1.29, 1.82) is 0 Å². The predicted molar refractivity (Wildman–Crippen MR) is 123 cm³/mol. The van der Waals surface area contributed by atoms with E-state index in [2.05, 4.69) is 25.1 Å². The van der Waals surface area contributed by atoms with E-state index in [0.29, 0.717) is 16.8 Å². The van der Waals surface area contributed by atoms with Gasteiger partial charge in [0.25, 0.3) is 5.91 Å². The number of amides is 1. The zero-order chi connectivity index (χ0) is 25.3. The molecule has 3 aromatic heterocycles. The Balaban J connectivity index is 1.80. The minimum Gasteiger partial charge on any atom is -0.364 e. The van der Waals surface area contributed by atoms with E-state index in [-0.39, 0.29) is 34.8 Å². The molecule has 1 N–H and O–H groups in total. The number of carbonyl (C=O) groups is 2. The largest absolute Gasteiger partial charge is 0.364 e. The summed E-state index contributed by atoms with van der Waals surface area (Å²) in [4.78, 5) is 29.1. The molecule has 0 radical (unpaired) electrons. The summed E-state index contributed by atoms with van der Waals surface area (Å²) in [7, 11) is 1.73. The van der Waals surface area contributed by atoms with E-state index in [0.717, 1.165) is 12.1 Å². The van der Waals surface area contributed by atoms with Gasteiger partial charge in [0.05, 0.1) is 17.6 Å². The van der Waals surface area contributed by atoms with Crippen molar-refractivity contribution in [2.45, 2.75) is 32.6 Å². The highest BCUT2D eigenvalue weighted by Gasteiger charge is 2.35. The number of pyridine rings is 1. The molecule has 4 aromatic rings. The highest BCUT2D eigenvalue weighted by Crippen LogP contribution is 2.37. The summed E-state index contributed by atoms with van der Waals surface area (Å²) in [6.45, 7) is 4.97. The molecule has 4 rings (SSSR count). The fraction of sp³-hybridized carbons (Fsp3) is 0.240. The molecule has 180 valence electrons. The van der Waals surface area contributed by atoms with Crippen LogP contribution < -0.4 is 5.32 Å². The third-order valence-electron chi connectivity index (χ3n) is 5.97. The van der Waals surface area contributed by atoms with Gasteiger partial charge in [0, 0.05) is 42.8 Å².